The van der Waals surface area contributed by atoms with Gasteiger partial charge in [0.2, 0.25) is 0 Å². The fourth-order valence-electron chi connectivity index (χ4n) is 2.57. The summed E-state index contributed by atoms with van der Waals surface area (Å²) in [5, 5.41) is 5.87. The van der Waals surface area contributed by atoms with Crippen molar-refractivity contribution in [3.8, 4) is 5.75 Å². The van der Waals surface area contributed by atoms with Gasteiger partial charge in [0.15, 0.2) is 0 Å². The van der Waals surface area contributed by atoms with Gasteiger partial charge in [-0.15, -0.1) is 0 Å². The maximum absolute atomic E-state index is 12.2. The summed E-state index contributed by atoms with van der Waals surface area (Å²) >= 11 is 0. The number of anilines is 1. The van der Waals surface area contributed by atoms with Crippen molar-refractivity contribution >= 4 is 11.7 Å². The number of hydrogen-bond donors (Lipinski definition) is 2. The first kappa shape index (κ1) is 17.9. The Morgan fingerprint density at radius 2 is 1.75 bits per heavy atom. The molecule has 24 heavy (non-hydrogen) atoms. The molecule has 2 N–H and O–H groups in total. The quantitative estimate of drug-likeness (QED) is 0.855. The molecule has 0 fully saturated rings. The fraction of sp³-hybridized carbons (Fsp3) is 0.350. The minimum Gasteiger partial charge on any atom is -0.497 e. The minimum atomic E-state index is -0.191. The third-order valence-electron chi connectivity index (χ3n) is 4.19. The van der Waals surface area contributed by atoms with Gasteiger partial charge in [0.25, 0.3) is 0 Å². The second-order valence-electron chi connectivity index (χ2n) is 6.74. The Labute approximate surface area is 144 Å². The van der Waals surface area contributed by atoms with Crippen LogP contribution in [0.3, 0.4) is 0 Å². The molecule has 0 radical (unpaired) electrons. The predicted molar refractivity (Wildman–Crippen MR) is 99.0 cm³/mol. The molecule has 0 aliphatic heterocycles. The molecule has 2 rings (SSSR count). The lowest BCUT2D eigenvalue weighted by atomic mass is 9.84. The highest BCUT2D eigenvalue weighted by Crippen LogP contribution is 2.24. The molecular formula is C20H26N2O2. The number of benzene rings is 2. The van der Waals surface area contributed by atoms with Crippen LogP contribution < -0.4 is 15.4 Å². The number of methoxy groups -OCH3 is 1. The zero-order valence-electron chi connectivity index (χ0n) is 15.1. The number of rotatable bonds is 5. The molecule has 0 aliphatic carbocycles. The summed E-state index contributed by atoms with van der Waals surface area (Å²) in [7, 11) is 1.65. The van der Waals surface area contributed by atoms with Gasteiger partial charge in [0.1, 0.15) is 5.75 Å². The van der Waals surface area contributed by atoms with E-state index in [2.05, 4.69) is 30.5 Å². The average Bonchev–Trinajstić information content (AvgIpc) is 2.56. The number of carbonyl (C=O) groups excluding carboxylic acids is 1. The number of aryl methyl sites for hydroxylation is 2. The summed E-state index contributed by atoms with van der Waals surface area (Å²) in [6, 6.07) is 13.7. The normalized spacial score (nSPS) is 11.0. The topological polar surface area (TPSA) is 50.4 Å². The van der Waals surface area contributed by atoms with Crippen molar-refractivity contribution in [1.29, 1.82) is 0 Å². The van der Waals surface area contributed by atoms with Crippen molar-refractivity contribution in [3.63, 3.8) is 0 Å². The number of ether oxygens (including phenoxy) is 1. The molecule has 0 saturated heterocycles. The van der Waals surface area contributed by atoms with Crippen LogP contribution >= 0.6 is 0 Å². The van der Waals surface area contributed by atoms with Crippen molar-refractivity contribution in [2.75, 3.05) is 19.0 Å². The first-order valence-electron chi connectivity index (χ1n) is 8.08. The molecule has 0 aliphatic rings. The second kappa shape index (κ2) is 7.39. The van der Waals surface area contributed by atoms with Gasteiger partial charge in [0, 0.05) is 17.6 Å². The third kappa shape index (κ3) is 4.51. The molecule has 0 unspecified atom stereocenters. The lowest BCUT2D eigenvalue weighted by Gasteiger charge is -2.26. The smallest absolute Gasteiger partial charge is 0.319 e. The van der Waals surface area contributed by atoms with E-state index >= 15 is 0 Å². The Morgan fingerprint density at radius 1 is 1.08 bits per heavy atom. The summed E-state index contributed by atoms with van der Waals surface area (Å²) in [5.41, 5.74) is 4.04. The van der Waals surface area contributed by atoms with Gasteiger partial charge in [-0.25, -0.2) is 4.79 Å². The molecule has 128 valence electrons. The van der Waals surface area contributed by atoms with Gasteiger partial charge in [-0.2, -0.15) is 0 Å². The zero-order valence-corrected chi connectivity index (χ0v) is 15.1. The summed E-state index contributed by atoms with van der Waals surface area (Å²) in [6.45, 7) is 8.77. The van der Waals surface area contributed by atoms with Crippen LogP contribution in [0, 0.1) is 13.8 Å². The maximum Gasteiger partial charge on any atom is 0.319 e. The van der Waals surface area contributed by atoms with E-state index in [9.17, 15) is 4.79 Å². The van der Waals surface area contributed by atoms with E-state index in [0.717, 1.165) is 22.6 Å². The number of amides is 2. The molecule has 0 atom stereocenters. The molecule has 2 amide bonds. The largest absolute Gasteiger partial charge is 0.497 e. The molecule has 0 aromatic heterocycles. The van der Waals surface area contributed by atoms with E-state index in [1.807, 2.05) is 50.2 Å². The molecule has 0 bridgehead atoms. The first-order chi connectivity index (χ1) is 11.3. The Balaban J connectivity index is 1.96. The highest BCUT2D eigenvalue weighted by atomic mass is 16.5. The third-order valence-corrected chi connectivity index (χ3v) is 4.19. The summed E-state index contributed by atoms with van der Waals surface area (Å²) < 4.78 is 5.19. The van der Waals surface area contributed by atoms with Crippen molar-refractivity contribution in [2.24, 2.45) is 0 Å². The van der Waals surface area contributed by atoms with Crippen molar-refractivity contribution in [2.45, 2.75) is 33.1 Å². The van der Waals surface area contributed by atoms with Gasteiger partial charge < -0.3 is 15.4 Å². The lowest BCUT2D eigenvalue weighted by molar-refractivity contribution is 0.249. The summed E-state index contributed by atoms with van der Waals surface area (Å²) in [4.78, 5) is 12.2. The Morgan fingerprint density at radius 3 is 2.33 bits per heavy atom. The minimum absolute atomic E-state index is 0.175. The van der Waals surface area contributed by atoms with Crippen LogP contribution in [0.5, 0.6) is 5.75 Å². The van der Waals surface area contributed by atoms with Gasteiger partial charge in [-0.1, -0.05) is 43.7 Å². The summed E-state index contributed by atoms with van der Waals surface area (Å²) in [6.07, 6.45) is 0. The number of nitrogens with one attached hydrogen (secondary N) is 2. The molecule has 0 saturated carbocycles. The van der Waals surface area contributed by atoms with Crippen LogP contribution in [0.15, 0.2) is 42.5 Å². The molecule has 4 nitrogen and oxygen atoms in total. The van der Waals surface area contributed by atoms with Crippen LogP contribution in [0.1, 0.15) is 30.5 Å². The molecular weight excluding hydrogens is 300 g/mol. The van der Waals surface area contributed by atoms with Gasteiger partial charge in [-0.3, -0.25) is 0 Å². The first-order valence-corrected chi connectivity index (χ1v) is 8.08. The van der Waals surface area contributed by atoms with E-state index < -0.39 is 0 Å². The Kier molecular flexibility index (Phi) is 5.50. The van der Waals surface area contributed by atoms with Crippen LogP contribution in [0.4, 0.5) is 10.5 Å². The van der Waals surface area contributed by atoms with E-state index in [1.54, 1.807) is 7.11 Å². The highest BCUT2D eigenvalue weighted by molar-refractivity contribution is 5.90. The van der Waals surface area contributed by atoms with Gasteiger partial charge in [-0.05, 0) is 43.2 Å². The van der Waals surface area contributed by atoms with Crippen LogP contribution in [-0.4, -0.2) is 19.7 Å². The highest BCUT2D eigenvalue weighted by Gasteiger charge is 2.21. The molecule has 0 spiro atoms. The van der Waals surface area contributed by atoms with Gasteiger partial charge >= 0.3 is 6.03 Å². The van der Waals surface area contributed by atoms with Crippen molar-refractivity contribution in [3.05, 3.63) is 59.2 Å². The fourth-order valence-corrected chi connectivity index (χ4v) is 2.57. The summed E-state index contributed by atoms with van der Waals surface area (Å²) in [5.74, 6) is 0.829. The molecule has 2 aromatic carbocycles. The lowest BCUT2D eigenvalue weighted by Crippen LogP contribution is -2.39. The molecule has 2 aromatic rings. The average molecular weight is 326 g/mol. The Hall–Kier alpha value is -2.49. The van der Waals surface area contributed by atoms with Crippen molar-refractivity contribution in [1.82, 2.24) is 5.32 Å². The maximum atomic E-state index is 12.2. The van der Waals surface area contributed by atoms with E-state index in [4.69, 9.17) is 4.74 Å². The van der Waals surface area contributed by atoms with Crippen molar-refractivity contribution < 1.29 is 9.53 Å². The number of hydrogen-bond acceptors (Lipinski definition) is 2. The molecule has 4 heteroatoms. The van der Waals surface area contributed by atoms with E-state index in [-0.39, 0.29) is 11.4 Å². The zero-order chi connectivity index (χ0) is 17.7. The van der Waals surface area contributed by atoms with Crippen LogP contribution in [-0.2, 0) is 5.41 Å². The standard InChI is InChI=1S/C20H26N2O2/c1-14-6-11-18(15(2)12-14)22-19(23)21-13-20(3,4)16-7-9-17(24-5)10-8-16/h6-12H,13H2,1-5H3,(H2,21,22,23). The molecule has 0 heterocycles. The number of urea groups is 1. The van der Waals surface area contributed by atoms with Crippen LogP contribution in [0.2, 0.25) is 0 Å². The van der Waals surface area contributed by atoms with Crippen LogP contribution in [0.25, 0.3) is 0 Å². The SMILES string of the molecule is COc1ccc(C(C)(C)CNC(=O)Nc2ccc(C)cc2C)cc1. The van der Waals surface area contributed by atoms with Gasteiger partial charge in [0.05, 0.1) is 7.11 Å². The van der Waals surface area contributed by atoms with E-state index in [0.29, 0.717) is 6.54 Å². The second-order valence-corrected chi connectivity index (χ2v) is 6.74. The predicted octanol–water partition coefficient (Wildman–Crippen LogP) is 4.41. The monoisotopic (exact) mass is 326 g/mol. The number of carbonyl (C=O) groups is 1. The van der Waals surface area contributed by atoms with E-state index in [1.165, 1.54) is 5.56 Å². The Bertz CT molecular complexity index is 706.